The lowest BCUT2D eigenvalue weighted by atomic mass is 10.0. The SMILES string of the molecule is C=C(O)/C(=C/C)SC(=C)C(C)/C(=C\NC)C(=O)OCC.CC(C)(C)OC(=O)N1CCCC1. The summed E-state index contributed by atoms with van der Waals surface area (Å²) in [5.41, 5.74) is 0.130. The van der Waals surface area contributed by atoms with Crippen molar-refractivity contribution in [1.82, 2.24) is 10.2 Å². The fourth-order valence-electron chi connectivity index (χ4n) is 2.64. The van der Waals surface area contributed by atoms with E-state index in [1.165, 1.54) is 11.8 Å². The smallest absolute Gasteiger partial charge is 0.410 e. The largest absolute Gasteiger partial charge is 0.507 e. The molecule has 1 heterocycles. The van der Waals surface area contributed by atoms with Gasteiger partial charge in [-0.1, -0.05) is 37.9 Å². The Morgan fingerprint density at radius 2 is 1.81 bits per heavy atom. The van der Waals surface area contributed by atoms with Crippen LogP contribution < -0.4 is 5.32 Å². The zero-order valence-corrected chi connectivity index (χ0v) is 21.4. The first-order chi connectivity index (χ1) is 14.9. The number of aliphatic hydroxyl groups is 1. The van der Waals surface area contributed by atoms with Crippen LogP contribution in [0.1, 0.15) is 54.4 Å². The number of esters is 1. The van der Waals surface area contributed by atoms with Crippen LogP contribution in [0.5, 0.6) is 0 Å². The third-order valence-corrected chi connectivity index (χ3v) is 5.61. The molecule has 0 radical (unpaired) electrons. The summed E-state index contributed by atoms with van der Waals surface area (Å²) in [6.45, 7) is 20.6. The van der Waals surface area contributed by atoms with Gasteiger partial charge < -0.3 is 24.8 Å². The summed E-state index contributed by atoms with van der Waals surface area (Å²) in [5.74, 6) is -0.608. The summed E-state index contributed by atoms with van der Waals surface area (Å²) < 4.78 is 10.2. The van der Waals surface area contributed by atoms with Crippen LogP contribution >= 0.6 is 11.8 Å². The zero-order valence-electron chi connectivity index (χ0n) is 20.6. The van der Waals surface area contributed by atoms with Crippen LogP contribution in [0.2, 0.25) is 0 Å². The van der Waals surface area contributed by atoms with E-state index in [9.17, 15) is 14.7 Å². The van der Waals surface area contributed by atoms with Crippen molar-refractivity contribution in [2.24, 2.45) is 5.92 Å². The number of amides is 1. The van der Waals surface area contributed by atoms with Gasteiger partial charge in [-0.2, -0.15) is 0 Å². The first-order valence-corrected chi connectivity index (χ1v) is 11.6. The van der Waals surface area contributed by atoms with Crippen LogP contribution in [0.4, 0.5) is 4.79 Å². The topological polar surface area (TPSA) is 88.1 Å². The molecule has 2 N–H and O–H groups in total. The van der Waals surface area contributed by atoms with E-state index in [1.807, 2.05) is 27.7 Å². The number of ether oxygens (including phenoxy) is 2. The van der Waals surface area contributed by atoms with E-state index in [1.54, 1.807) is 38.1 Å². The minimum absolute atomic E-state index is 0.0128. The number of allylic oxidation sites excluding steroid dienone is 2. The van der Waals surface area contributed by atoms with Crippen LogP contribution in [-0.2, 0) is 14.3 Å². The fraction of sp³-hybridized carbons (Fsp3) is 0.583. The molecule has 0 aromatic heterocycles. The summed E-state index contributed by atoms with van der Waals surface area (Å²) in [7, 11) is 1.72. The van der Waals surface area contributed by atoms with Gasteiger partial charge in [-0.3, -0.25) is 0 Å². The number of nitrogens with zero attached hydrogens (tertiary/aromatic N) is 1. The lowest BCUT2D eigenvalue weighted by Gasteiger charge is -2.23. The highest BCUT2D eigenvalue weighted by molar-refractivity contribution is 8.06. The second kappa shape index (κ2) is 14.7. The third kappa shape index (κ3) is 11.3. The molecule has 1 aliphatic rings. The number of aliphatic hydroxyl groups excluding tert-OH is 1. The highest BCUT2D eigenvalue weighted by atomic mass is 32.2. The molecule has 8 heteroatoms. The highest BCUT2D eigenvalue weighted by Crippen LogP contribution is 2.35. The molecule has 182 valence electrons. The van der Waals surface area contributed by atoms with Crippen molar-refractivity contribution in [2.45, 2.75) is 60.0 Å². The number of likely N-dealkylation sites (tertiary alicyclic amines) is 1. The molecule has 0 saturated carbocycles. The summed E-state index contributed by atoms with van der Waals surface area (Å²) in [6, 6.07) is 0. The zero-order chi connectivity index (χ0) is 24.9. The van der Waals surface area contributed by atoms with Gasteiger partial charge in [-0.05, 0) is 52.4 Å². The predicted octanol–water partition coefficient (Wildman–Crippen LogP) is 5.53. The molecular weight excluding hydrogens is 428 g/mol. The third-order valence-electron chi connectivity index (χ3n) is 4.31. The molecule has 1 unspecified atom stereocenters. The summed E-state index contributed by atoms with van der Waals surface area (Å²) in [6.07, 6.45) is 5.41. The van der Waals surface area contributed by atoms with Gasteiger partial charge in [0.2, 0.25) is 0 Å². The monoisotopic (exact) mass is 468 g/mol. The summed E-state index contributed by atoms with van der Waals surface area (Å²) >= 11 is 1.29. The van der Waals surface area contributed by atoms with Gasteiger partial charge in [0, 0.05) is 37.2 Å². The maximum Gasteiger partial charge on any atom is 0.410 e. The Hall–Kier alpha value is -2.35. The van der Waals surface area contributed by atoms with Crippen LogP contribution in [0.25, 0.3) is 0 Å². The van der Waals surface area contributed by atoms with Gasteiger partial charge in [-0.15, -0.1) is 0 Å². The van der Waals surface area contributed by atoms with Crippen molar-refractivity contribution in [3.8, 4) is 0 Å². The average Bonchev–Trinajstić information content (AvgIpc) is 3.23. The van der Waals surface area contributed by atoms with Crippen LogP contribution in [0, 0.1) is 5.92 Å². The van der Waals surface area contributed by atoms with Gasteiger partial charge in [0.05, 0.1) is 12.2 Å². The Bertz CT molecular complexity index is 716. The van der Waals surface area contributed by atoms with E-state index < -0.39 is 0 Å². The number of hydrogen-bond donors (Lipinski definition) is 2. The van der Waals surface area contributed by atoms with Gasteiger partial charge in [0.15, 0.2) is 0 Å². The number of rotatable bonds is 8. The number of carbonyl (C=O) groups excluding carboxylic acids is 2. The Balaban J connectivity index is 0.000000677. The Labute approximate surface area is 197 Å². The van der Waals surface area contributed by atoms with E-state index in [0.717, 1.165) is 30.8 Å². The Morgan fingerprint density at radius 1 is 1.25 bits per heavy atom. The molecule has 1 rings (SSSR count). The molecule has 7 nitrogen and oxygen atoms in total. The van der Waals surface area contributed by atoms with Crippen LogP contribution in [0.15, 0.2) is 46.6 Å². The van der Waals surface area contributed by atoms with Gasteiger partial charge >= 0.3 is 12.1 Å². The molecule has 0 aromatic carbocycles. The van der Waals surface area contributed by atoms with Gasteiger partial charge in [0.1, 0.15) is 11.4 Å². The molecule has 1 saturated heterocycles. The summed E-state index contributed by atoms with van der Waals surface area (Å²) in [4.78, 5) is 26.4. The molecule has 0 spiro atoms. The maximum absolute atomic E-state index is 11.9. The van der Waals surface area contributed by atoms with Crippen LogP contribution in [0.3, 0.4) is 0 Å². The first kappa shape index (κ1) is 29.7. The average molecular weight is 469 g/mol. The van der Waals surface area contributed by atoms with Gasteiger partial charge in [-0.25, -0.2) is 9.59 Å². The van der Waals surface area contributed by atoms with E-state index in [4.69, 9.17) is 9.47 Å². The van der Waals surface area contributed by atoms with Crippen molar-refractivity contribution >= 4 is 23.8 Å². The molecule has 0 aromatic rings. The van der Waals surface area contributed by atoms with E-state index in [0.29, 0.717) is 17.1 Å². The van der Waals surface area contributed by atoms with E-state index >= 15 is 0 Å². The quantitative estimate of drug-likeness (QED) is 0.210. The highest BCUT2D eigenvalue weighted by Gasteiger charge is 2.24. The van der Waals surface area contributed by atoms with Crippen molar-refractivity contribution in [2.75, 3.05) is 26.7 Å². The molecule has 0 aliphatic carbocycles. The van der Waals surface area contributed by atoms with Crippen molar-refractivity contribution in [3.05, 3.63) is 46.6 Å². The minimum atomic E-state index is -0.374. The molecule has 1 amide bonds. The molecular formula is C24H40N2O5S. The van der Waals surface area contributed by atoms with Crippen molar-refractivity contribution < 1.29 is 24.2 Å². The lowest BCUT2D eigenvalue weighted by molar-refractivity contribution is -0.139. The molecule has 1 atom stereocenters. The number of thioether (sulfide) groups is 1. The molecule has 32 heavy (non-hydrogen) atoms. The van der Waals surface area contributed by atoms with E-state index in [-0.39, 0.29) is 29.3 Å². The molecule has 1 aliphatic heterocycles. The van der Waals surface area contributed by atoms with E-state index in [2.05, 4.69) is 18.5 Å². The van der Waals surface area contributed by atoms with Crippen molar-refractivity contribution in [3.63, 3.8) is 0 Å². The summed E-state index contributed by atoms with van der Waals surface area (Å²) in [5, 5.41) is 12.3. The fourth-order valence-corrected chi connectivity index (χ4v) is 3.47. The second-order valence-corrected chi connectivity index (χ2v) is 9.34. The predicted molar refractivity (Wildman–Crippen MR) is 132 cm³/mol. The number of hydrogen-bond acceptors (Lipinski definition) is 7. The van der Waals surface area contributed by atoms with Crippen molar-refractivity contribution in [1.29, 1.82) is 0 Å². The lowest BCUT2D eigenvalue weighted by Crippen LogP contribution is -2.34. The normalized spacial score (nSPS) is 15.3. The number of nitrogens with one attached hydrogen (secondary N) is 1. The molecule has 0 bridgehead atoms. The maximum atomic E-state index is 11.9. The Morgan fingerprint density at radius 3 is 2.22 bits per heavy atom. The Kier molecular flexibility index (Phi) is 13.6. The standard InChI is InChI=1S/C15H23NO3S.C9H17NO2/c1-7-14(11(4)17)20-12(5)10(3)13(9-16-6)15(18)19-8-2;1-9(2,3)12-8(11)10-6-4-5-7-10/h7,9-10,16-17H,4-5,8H2,1-3,6H3;4-7H2,1-3H3/b13-9+,14-7-;. The second-order valence-electron chi connectivity index (χ2n) is 8.17. The van der Waals surface area contributed by atoms with Crippen LogP contribution in [-0.4, -0.2) is 54.4 Å². The van der Waals surface area contributed by atoms with Gasteiger partial charge in [0.25, 0.3) is 0 Å². The minimum Gasteiger partial charge on any atom is -0.507 e. The molecule has 1 fully saturated rings. The first-order valence-electron chi connectivity index (χ1n) is 10.8. The number of carbonyl (C=O) groups is 2.